The number of aliphatic hydroxyl groups excluding tert-OH is 1. The monoisotopic (exact) mass is 387 g/mol. The molecule has 6 nitrogen and oxygen atoms in total. The second-order valence-corrected chi connectivity index (χ2v) is 8.64. The number of carboxylic acids is 1. The van der Waals surface area contributed by atoms with Crippen LogP contribution in [0.1, 0.15) is 84.0 Å². The first-order valence-corrected chi connectivity index (χ1v) is 10.5. The van der Waals surface area contributed by atoms with Crippen molar-refractivity contribution in [1.82, 2.24) is 0 Å². The summed E-state index contributed by atoms with van der Waals surface area (Å²) < 4.78 is 5.74. The highest BCUT2D eigenvalue weighted by Gasteiger charge is 2.23. The molecule has 6 heteroatoms. The number of rotatable bonds is 17. The number of nitrogens with zero attached hydrogens (tertiary/aromatic N) is 1. The van der Waals surface area contributed by atoms with Gasteiger partial charge in [0.2, 0.25) is 0 Å². The van der Waals surface area contributed by atoms with Crippen LogP contribution >= 0.6 is 0 Å². The maximum Gasteiger partial charge on any atom is 0.308 e. The van der Waals surface area contributed by atoms with E-state index in [2.05, 4.69) is 6.92 Å². The molecule has 0 aliphatic heterocycles. The maximum atomic E-state index is 12.0. The van der Waals surface area contributed by atoms with Crippen molar-refractivity contribution in [2.24, 2.45) is 0 Å². The predicted octanol–water partition coefficient (Wildman–Crippen LogP) is 2.42. The van der Waals surface area contributed by atoms with Crippen molar-refractivity contribution in [2.75, 3.05) is 27.7 Å². The predicted molar refractivity (Wildman–Crippen MR) is 105 cm³/mol. The zero-order valence-electron chi connectivity index (χ0n) is 17.9. The van der Waals surface area contributed by atoms with Crippen LogP contribution in [0, 0.1) is 0 Å². The van der Waals surface area contributed by atoms with Gasteiger partial charge in [0, 0.05) is 12.4 Å². The van der Waals surface area contributed by atoms with E-state index >= 15 is 0 Å². The molecule has 0 fully saturated rings. The van der Waals surface area contributed by atoms with E-state index in [1.54, 1.807) is 0 Å². The Balaban J connectivity index is 3.93. The number of unbranched alkanes of at least 4 members (excludes halogenated alkanes) is 8. The standard InChI is InChI=1S/C21H41NO5/c1-5-6-7-8-9-10-11-12-13-14-18(23)15-21(26)27-19(16-20(24)25)17-22(2,3)4/h18-19,23H,5-17H2,1-4H3/t18?,19-/m0/s1. The zero-order chi connectivity index (χ0) is 20.7. The van der Waals surface area contributed by atoms with Crippen LogP contribution in [-0.2, 0) is 14.3 Å². The first-order chi connectivity index (χ1) is 12.6. The van der Waals surface area contributed by atoms with Gasteiger partial charge in [0.25, 0.3) is 0 Å². The van der Waals surface area contributed by atoms with Gasteiger partial charge in [-0.05, 0) is 6.42 Å². The summed E-state index contributed by atoms with van der Waals surface area (Å²) in [5, 5.41) is 20.9. The molecule has 0 saturated heterocycles. The van der Waals surface area contributed by atoms with E-state index in [1.807, 2.05) is 21.1 Å². The Bertz CT molecular complexity index is 406. The number of carbonyl (C=O) groups excluding carboxylic acids is 2. The summed E-state index contributed by atoms with van der Waals surface area (Å²) in [7, 11) is 5.69. The quantitative estimate of drug-likeness (QED) is 0.235. The second-order valence-electron chi connectivity index (χ2n) is 8.64. The lowest BCUT2D eigenvalue weighted by Crippen LogP contribution is -2.45. The lowest BCUT2D eigenvalue weighted by Gasteiger charge is -2.29. The topological polar surface area (TPSA) is 86.7 Å². The minimum atomic E-state index is -1.24. The van der Waals surface area contributed by atoms with Gasteiger partial charge in [-0.1, -0.05) is 64.7 Å². The highest BCUT2D eigenvalue weighted by atomic mass is 16.5. The molecule has 0 aromatic rings. The molecule has 0 aromatic heterocycles. The van der Waals surface area contributed by atoms with Crippen molar-refractivity contribution in [3.63, 3.8) is 0 Å². The Kier molecular flexibility index (Phi) is 14.2. The van der Waals surface area contributed by atoms with Gasteiger partial charge in [0.05, 0.1) is 33.7 Å². The molecule has 0 saturated carbocycles. The van der Waals surface area contributed by atoms with E-state index in [0.717, 1.165) is 12.8 Å². The molecule has 0 spiro atoms. The summed E-state index contributed by atoms with van der Waals surface area (Å²) >= 11 is 0. The molecule has 1 N–H and O–H groups in total. The molecule has 0 aliphatic rings. The van der Waals surface area contributed by atoms with Crippen LogP contribution in [0.3, 0.4) is 0 Å². The van der Waals surface area contributed by atoms with E-state index in [-0.39, 0.29) is 12.8 Å². The summed E-state index contributed by atoms with van der Waals surface area (Å²) in [4.78, 5) is 22.8. The molecule has 0 aliphatic carbocycles. The maximum absolute atomic E-state index is 12.0. The van der Waals surface area contributed by atoms with Crippen LogP contribution in [0.4, 0.5) is 0 Å². The van der Waals surface area contributed by atoms with Crippen molar-refractivity contribution in [3.8, 4) is 0 Å². The number of likely N-dealkylation sites (N-methyl/N-ethyl adjacent to an activating group) is 1. The minimum absolute atomic E-state index is 0.0856. The summed E-state index contributed by atoms with van der Waals surface area (Å²) in [6, 6.07) is 0. The lowest BCUT2D eigenvalue weighted by molar-refractivity contribution is -0.873. The Morgan fingerprint density at radius 1 is 0.926 bits per heavy atom. The van der Waals surface area contributed by atoms with Crippen molar-refractivity contribution in [3.05, 3.63) is 0 Å². The van der Waals surface area contributed by atoms with Crippen LogP contribution in [-0.4, -0.2) is 61.4 Å². The van der Waals surface area contributed by atoms with Gasteiger partial charge >= 0.3 is 5.97 Å². The van der Waals surface area contributed by atoms with Gasteiger partial charge in [-0.25, -0.2) is 0 Å². The van der Waals surface area contributed by atoms with Crippen LogP contribution in [0.25, 0.3) is 0 Å². The molecule has 2 atom stereocenters. The van der Waals surface area contributed by atoms with Gasteiger partial charge in [-0.15, -0.1) is 0 Å². The van der Waals surface area contributed by atoms with E-state index in [1.165, 1.54) is 44.9 Å². The van der Waals surface area contributed by atoms with Crippen molar-refractivity contribution >= 4 is 11.9 Å². The van der Waals surface area contributed by atoms with Gasteiger partial charge in [0.1, 0.15) is 6.54 Å². The number of esters is 1. The van der Waals surface area contributed by atoms with Crippen molar-refractivity contribution < 1.29 is 29.0 Å². The fourth-order valence-electron chi connectivity index (χ4n) is 3.16. The summed E-state index contributed by atoms with van der Waals surface area (Å²) in [6.07, 6.45) is 9.56. The van der Waals surface area contributed by atoms with E-state index in [9.17, 15) is 19.8 Å². The first-order valence-electron chi connectivity index (χ1n) is 10.5. The van der Waals surface area contributed by atoms with E-state index < -0.39 is 24.1 Å². The smallest absolute Gasteiger partial charge is 0.308 e. The van der Waals surface area contributed by atoms with E-state index in [4.69, 9.17) is 4.74 Å². The average molecular weight is 388 g/mol. The Hall–Kier alpha value is -1.14. The normalized spacial score (nSPS) is 14.0. The van der Waals surface area contributed by atoms with Gasteiger partial charge < -0.3 is 24.2 Å². The number of hydrogen-bond acceptors (Lipinski definition) is 5. The Morgan fingerprint density at radius 2 is 1.44 bits per heavy atom. The number of aliphatic hydroxyl groups is 1. The fourth-order valence-corrected chi connectivity index (χ4v) is 3.16. The zero-order valence-corrected chi connectivity index (χ0v) is 17.9. The van der Waals surface area contributed by atoms with Crippen LogP contribution in [0.2, 0.25) is 0 Å². The SMILES string of the molecule is CCCCCCCCCCCC(O)CC(=O)O[C@@H](CC(=O)[O-])C[N+](C)(C)C. The number of carboxylic acid groups (broad SMARTS) is 1. The fraction of sp³-hybridized carbons (Fsp3) is 0.905. The van der Waals surface area contributed by atoms with Gasteiger partial charge in [-0.2, -0.15) is 0 Å². The number of hydrogen-bond donors (Lipinski definition) is 1. The third-order valence-corrected chi connectivity index (χ3v) is 4.49. The molecular formula is C21H41NO5. The number of carbonyl (C=O) groups is 2. The highest BCUT2D eigenvalue weighted by molar-refractivity contribution is 5.71. The van der Waals surface area contributed by atoms with Crippen LogP contribution < -0.4 is 5.11 Å². The lowest BCUT2D eigenvalue weighted by atomic mass is 10.0. The minimum Gasteiger partial charge on any atom is -0.550 e. The molecule has 0 aromatic carbocycles. The molecular weight excluding hydrogens is 346 g/mol. The molecule has 0 bridgehead atoms. The van der Waals surface area contributed by atoms with Crippen LogP contribution in [0.5, 0.6) is 0 Å². The molecule has 0 amide bonds. The average Bonchev–Trinajstić information content (AvgIpc) is 2.50. The van der Waals surface area contributed by atoms with Crippen LogP contribution in [0.15, 0.2) is 0 Å². The molecule has 0 heterocycles. The molecule has 1 unspecified atom stereocenters. The number of ether oxygens (including phenoxy) is 1. The van der Waals surface area contributed by atoms with Crippen molar-refractivity contribution in [2.45, 2.75) is 96.2 Å². The van der Waals surface area contributed by atoms with Gasteiger partial charge in [-0.3, -0.25) is 4.79 Å². The first kappa shape index (κ1) is 25.9. The largest absolute Gasteiger partial charge is 0.550 e. The Labute approximate surface area is 165 Å². The summed E-state index contributed by atoms with van der Waals surface area (Å²) in [5.74, 6) is -1.78. The summed E-state index contributed by atoms with van der Waals surface area (Å²) in [5.41, 5.74) is 0. The molecule has 0 radical (unpaired) electrons. The Morgan fingerprint density at radius 3 is 1.93 bits per heavy atom. The van der Waals surface area contributed by atoms with Gasteiger partial charge in [0.15, 0.2) is 6.10 Å². The molecule has 160 valence electrons. The third kappa shape index (κ3) is 18.0. The third-order valence-electron chi connectivity index (χ3n) is 4.49. The molecule has 27 heavy (non-hydrogen) atoms. The number of aliphatic carboxylic acids is 1. The second kappa shape index (κ2) is 14.9. The van der Waals surface area contributed by atoms with Crippen molar-refractivity contribution in [1.29, 1.82) is 0 Å². The number of quaternary nitrogens is 1. The highest BCUT2D eigenvalue weighted by Crippen LogP contribution is 2.13. The van der Waals surface area contributed by atoms with E-state index in [0.29, 0.717) is 17.4 Å². The summed E-state index contributed by atoms with van der Waals surface area (Å²) in [6.45, 7) is 2.60. The molecule has 0 rings (SSSR count).